The highest BCUT2D eigenvalue weighted by atomic mass is 16.5. The van der Waals surface area contributed by atoms with Crippen LogP contribution in [0.1, 0.15) is 34.2 Å². The number of hydrogen-bond acceptors (Lipinski definition) is 7. The Morgan fingerprint density at radius 3 is 2.81 bits per heavy atom. The number of pyridine rings is 2. The van der Waals surface area contributed by atoms with Gasteiger partial charge in [0.2, 0.25) is 0 Å². The number of carbonyl (C=O) groups is 1. The number of nitrogens with zero attached hydrogens (tertiary/aromatic N) is 4. The van der Waals surface area contributed by atoms with Crippen molar-refractivity contribution in [2.45, 2.75) is 20.4 Å². The van der Waals surface area contributed by atoms with Crippen molar-refractivity contribution >= 4 is 17.2 Å². The fraction of sp³-hybridized carbons (Fsp3) is 0.211. The van der Waals surface area contributed by atoms with E-state index in [-0.39, 0.29) is 30.0 Å². The highest BCUT2D eigenvalue weighted by Gasteiger charge is 2.24. The predicted molar refractivity (Wildman–Crippen MR) is 98.4 cm³/mol. The minimum Gasteiger partial charge on any atom is -0.462 e. The van der Waals surface area contributed by atoms with Gasteiger partial charge in [-0.2, -0.15) is 5.26 Å². The van der Waals surface area contributed by atoms with Gasteiger partial charge in [-0.1, -0.05) is 6.07 Å². The van der Waals surface area contributed by atoms with E-state index >= 15 is 0 Å². The molecular formula is C19H17N5O3. The summed E-state index contributed by atoms with van der Waals surface area (Å²) < 4.78 is 6.43. The molecule has 3 aromatic heterocycles. The molecule has 0 saturated heterocycles. The van der Waals surface area contributed by atoms with Crippen LogP contribution in [0.3, 0.4) is 0 Å². The molecule has 0 aliphatic rings. The van der Waals surface area contributed by atoms with Crippen LogP contribution in [0.15, 0.2) is 41.6 Å². The summed E-state index contributed by atoms with van der Waals surface area (Å²) in [6.45, 7) is 3.86. The lowest BCUT2D eigenvalue weighted by atomic mass is 10.1. The van der Waals surface area contributed by atoms with Gasteiger partial charge in [0.15, 0.2) is 0 Å². The number of nitrogens with one attached hydrogen (secondary N) is 1. The number of ether oxygens (including phenoxy) is 1. The summed E-state index contributed by atoms with van der Waals surface area (Å²) >= 11 is 0. The predicted octanol–water partition coefficient (Wildman–Crippen LogP) is 2.06. The van der Waals surface area contributed by atoms with Gasteiger partial charge in [0, 0.05) is 18.6 Å². The van der Waals surface area contributed by atoms with Gasteiger partial charge in [-0.25, -0.2) is 4.79 Å². The van der Waals surface area contributed by atoms with E-state index in [2.05, 4.69) is 15.3 Å². The molecule has 1 N–H and O–H groups in total. The molecule has 8 heteroatoms. The van der Waals surface area contributed by atoms with E-state index < -0.39 is 11.5 Å². The van der Waals surface area contributed by atoms with Crippen molar-refractivity contribution in [1.29, 1.82) is 5.26 Å². The summed E-state index contributed by atoms with van der Waals surface area (Å²) in [7, 11) is 0. The molecular weight excluding hydrogens is 346 g/mol. The molecule has 0 unspecified atom stereocenters. The Morgan fingerprint density at radius 2 is 2.11 bits per heavy atom. The van der Waals surface area contributed by atoms with E-state index in [1.54, 1.807) is 44.4 Å². The number of nitriles is 1. The Labute approximate surface area is 155 Å². The first-order valence-electron chi connectivity index (χ1n) is 8.33. The van der Waals surface area contributed by atoms with Gasteiger partial charge < -0.3 is 10.1 Å². The van der Waals surface area contributed by atoms with E-state index in [9.17, 15) is 14.9 Å². The van der Waals surface area contributed by atoms with Crippen molar-refractivity contribution < 1.29 is 9.53 Å². The van der Waals surface area contributed by atoms with Crippen LogP contribution in [-0.4, -0.2) is 26.9 Å². The SMILES string of the molecule is CCOC(=O)c1c(NCc2nccnc2C)c(C#N)c(=O)n2ccccc12. The summed E-state index contributed by atoms with van der Waals surface area (Å²) in [5.74, 6) is -0.615. The average molecular weight is 363 g/mol. The molecule has 0 saturated carbocycles. The van der Waals surface area contributed by atoms with Gasteiger partial charge in [-0.3, -0.25) is 19.2 Å². The Bertz CT molecular complexity index is 1110. The minimum atomic E-state index is -0.615. The first-order valence-corrected chi connectivity index (χ1v) is 8.33. The zero-order valence-electron chi connectivity index (χ0n) is 14.9. The lowest BCUT2D eigenvalue weighted by molar-refractivity contribution is 0.0529. The summed E-state index contributed by atoms with van der Waals surface area (Å²) in [6.07, 6.45) is 4.64. The number of hydrogen-bond donors (Lipinski definition) is 1. The maximum atomic E-state index is 12.7. The Morgan fingerprint density at radius 1 is 1.33 bits per heavy atom. The quantitative estimate of drug-likeness (QED) is 0.691. The van der Waals surface area contributed by atoms with Crippen molar-refractivity contribution in [3.05, 3.63) is 69.7 Å². The first kappa shape index (κ1) is 18.1. The lowest BCUT2D eigenvalue weighted by Crippen LogP contribution is -2.24. The number of anilines is 1. The fourth-order valence-electron chi connectivity index (χ4n) is 2.78. The van der Waals surface area contributed by atoms with Gasteiger partial charge >= 0.3 is 5.97 Å². The maximum absolute atomic E-state index is 12.7. The van der Waals surface area contributed by atoms with Gasteiger partial charge in [0.05, 0.1) is 35.7 Å². The Kier molecular flexibility index (Phi) is 5.13. The van der Waals surface area contributed by atoms with Crippen LogP contribution >= 0.6 is 0 Å². The van der Waals surface area contributed by atoms with E-state index in [0.29, 0.717) is 16.9 Å². The maximum Gasteiger partial charge on any atom is 0.342 e. The van der Waals surface area contributed by atoms with Crippen LogP contribution in [0.5, 0.6) is 0 Å². The van der Waals surface area contributed by atoms with Crippen LogP contribution in [0.2, 0.25) is 0 Å². The third-order valence-electron chi connectivity index (χ3n) is 4.06. The van der Waals surface area contributed by atoms with Gasteiger partial charge in [-0.05, 0) is 26.0 Å². The first-order chi connectivity index (χ1) is 13.1. The normalized spacial score (nSPS) is 10.4. The summed E-state index contributed by atoms with van der Waals surface area (Å²) in [5, 5.41) is 12.6. The van der Waals surface area contributed by atoms with Gasteiger partial charge in [-0.15, -0.1) is 0 Å². The van der Waals surface area contributed by atoms with Gasteiger partial charge in [0.1, 0.15) is 17.2 Å². The molecule has 136 valence electrons. The van der Waals surface area contributed by atoms with E-state index in [0.717, 1.165) is 0 Å². The van der Waals surface area contributed by atoms with E-state index in [4.69, 9.17) is 4.74 Å². The summed E-state index contributed by atoms with van der Waals surface area (Å²) in [6, 6.07) is 6.90. The zero-order valence-corrected chi connectivity index (χ0v) is 14.9. The lowest BCUT2D eigenvalue weighted by Gasteiger charge is -2.16. The second-order valence-electron chi connectivity index (χ2n) is 5.66. The summed E-state index contributed by atoms with van der Waals surface area (Å²) in [4.78, 5) is 33.7. The van der Waals surface area contributed by atoms with Crippen molar-refractivity contribution in [2.24, 2.45) is 0 Å². The third kappa shape index (κ3) is 3.35. The highest BCUT2D eigenvalue weighted by molar-refractivity contribution is 6.04. The number of carbonyl (C=O) groups excluding carboxylic acids is 1. The van der Waals surface area contributed by atoms with Crippen molar-refractivity contribution in [3.8, 4) is 6.07 Å². The molecule has 27 heavy (non-hydrogen) atoms. The molecule has 0 aliphatic heterocycles. The van der Waals surface area contributed by atoms with Crippen LogP contribution < -0.4 is 10.9 Å². The topological polar surface area (TPSA) is 109 Å². The van der Waals surface area contributed by atoms with Crippen LogP contribution in [-0.2, 0) is 11.3 Å². The smallest absolute Gasteiger partial charge is 0.342 e. The van der Waals surface area contributed by atoms with E-state index in [1.807, 2.05) is 6.07 Å². The van der Waals surface area contributed by atoms with Crippen molar-refractivity contribution in [1.82, 2.24) is 14.4 Å². The van der Waals surface area contributed by atoms with Crippen LogP contribution in [0, 0.1) is 18.3 Å². The average Bonchev–Trinajstić information content (AvgIpc) is 2.67. The summed E-state index contributed by atoms with van der Waals surface area (Å²) in [5.41, 5.74) is 1.30. The molecule has 0 radical (unpaired) electrons. The van der Waals surface area contributed by atoms with Crippen LogP contribution in [0.25, 0.3) is 5.52 Å². The highest BCUT2D eigenvalue weighted by Crippen LogP contribution is 2.25. The molecule has 0 bridgehead atoms. The molecule has 0 amide bonds. The molecule has 0 aromatic carbocycles. The zero-order chi connectivity index (χ0) is 19.4. The molecule has 3 rings (SSSR count). The molecule has 0 spiro atoms. The monoisotopic (exact) mass is 363 g/mol. The number of aromatic nitrogens is 3. The number of fused-ring (bicyclic) bond motifs is 1. The second kappa shape index (κ2) is 7.66. The largest absolute Gasteiger partial charge is 0.462 e. The van der Waals surface area contributed by atoms with Crippen molar-refractivity contribution in [3.63, 3.8) is 0 Å². The molecule has 3 aromatic rings. The molecule has 0 atom stereocenters. The number of esters is 1. The standard InChI is InChI=1S/C19H17N5O3/c1-3-27-19(26)16-15-6-4-5-9-24(15)18(25)13(10-20)17(16)23-11-14-12(2)21-7-8-22-14/h4-9,23H,3,11H2,1-2H3. The number of rotatable bonds is 5. The van der Waals surface area contributed by atoms with E-state index in [1.165, 1.54) is 10.6 Å². The Balaban J connectivity index is 2.21. The molecule has 0 aliphatic carbocycles. The molecule has 8 nitrogen and oxygen atoms in total. The van der Waals surface area contributed by atoms with Crippen molar-refractivity contribution in [2.75, 3.05) is 11.9 Å². The van der Waals surface area contributed by atoms with Crippen LogP contribution in [0.4, 0.5) is 5.69 Å². The fourth-order valence-corrected chi connectivity index (χ4v) is 2.78. The molecule has 0 fully saturated rings. The van der Waals surface area contributed by atoms with Gasteiger partial charge in [0.25, 0.3) is 5.56 Å². The molecule has 3 heterocycles. The number of aryl methyl sites for hydroxylation is 1. The minimum absolute atomic E-state index is 0.134. The second-order valence-corrected chi connectivity index (χ2v) is 5.66. The third-order valence-corrected chi connectivity index (χ3v) is 4.06. The Hall–Kier alpha value is -3.73.